The van der Waals surface area contributed by atoms with Gasteiger partial charge in [-0.25, -0.2) is 0 Å². The summed E-state index contributed by atoms with van der Waals surface area (Å²) < 4.78 is 0. The highest BCUT2D eigenvalue weighted by atomic mass is 16.3. The van der Waals surface area contributed by atoms with Crippen LogP contribution >= 0.6 is 0 Å². The maximum Gasteiger partial charge on any atom is 0.0899 e. The molecule has 0 aliphatic rings. The summed E-state index contributed by atoms with van der Waals surface area (Å²) in [6.07, 6.45) is 0.242. The molecule has 0 spiro atoms. The lowest BCUT2D eigenvalue weighted by Crippen LogP contribution is -2.33. The molecule has 2 aromatic carbocycles. The molecule has 0 bridgehead atoms. The Morgan fingerprint density at radius 1 is 0.667 bits per heavy atom. The fraction of sp³-hybridized carbons (Fsp3) is 0.368. The van der Waals surface area contributed by atoms with Crippen LogP contribution in [0.25, 0.3) is 0 Å². The van der Waals surface area contributed by atoms with Crippen LogP contribution in [-0.4, -0.2) is 10.2 Å². The van der Waals surface area contributed by atoms with Crippen molar-refractivity contribution in [1.29, 1.82) is 0 Å². The van der Waals surface area contributed by atoms with Crippen LogP contribution in [0, 0.1) is 13.8 Å². The minimum Gasteiger partial charge on any atom is -0.385 e. The molecule has 0 unspecified atom stereocenters. The van der Waals surface area contributed by atoms with Gasteiger partial charge in [0.1, 0.15) is 0 Å². The monoisotopic (exact) mass is 284 g/mol. The maximum atomic E-state index is 10.8. The van der Waals surface area contributed by atoms with Gasteiger partial charge in [0, 0.05) is 6.42 Å². The SMILES string of the molecule is Cc1ccc([C@@](C)(O)C[C@](C)(O)c2ccc(C)cc2)cc1. The summed E-state index contributed by atoms with van der Waals surface area (Å²) in [4.78, 5) is 0. The molecule has 2 heteroatoms. The Balaban J connectivity index is 2.25. The molecule has 0 fully saturated rings. The van der Waals surface area contributed by atoms with E-state index in [1.807, 2.05) is 62.4 Å². The highest BCUT2D eigenvalue weighted by Gasteiger charge is 2.34. The smallest absolute Gasteiger partial charge is 0.0899 e. The predicted molar refractivity (Wildman–Crippen MR) is 86.1 cm³/mol. The lowest BCUT2D eigenvalue weighted by molar-refractivity contribution is -0.0525. The molecule has 0 amide bonds. The standard InChI is InChI=1S/C19H24O2/c1-14-5-9-16(10-6-14)18(3,20)13-19(4,21)17-11-7-15(2)8-12-17/h5-12,20-21H,13H2,1-4H3/t18-,19-/m0/s1. The molecule has 2 rings (SSSR count). The topological polar surface area (TPSA) is 40.5 Å². The molecule has 0 saturated heterocycles. The summed E-state index contributed by atoms with van der Waals surface area (Å²) in [7, 11) is 0. The number of rotatable bonds is 4. The van der Waals surface area contributed by atoms with Crippen LogP contribution in [0.4, 0.5) is 0 Å². The first-order valence-corrected chi connectivity index (χ1v) is 7.30. The molecule has 21 heavy (non-hydrogen) atoms. The Morgan fingerprint density at radius 2 is 0.952 bits per heavy atom. The first-order valence-electron chi connectivity index (χ1n) is 7.30. The van der Waals surface area contributed by atoms with Gasteiger partial charge in [-0.3, -0.25) is 0 Å². The van der Waals surface area contributed by atoms with E-state index in [2.05, 4.69) is 0 Å². The average molecular weight is 284 g/mol. The normalized spacial score (nSPS) is 17.0. The van der Waals surface area contributed by atoms with Crippen LogP contribution in [-0.2, 0) is 11.2 Å². The largest absolute Gasteiger partial charge is 0.385 e. The van der Waals surface area contributed by atoms with Gasteiger partial charge in [0.2, 0.25) is 0 Å². The van der Waals surface area contributed by atoms with Crippen molar-refractivity contribution in [2.75, 3.05) is 0 Å². The summed E-state index contributed by atoms with van der Waals surface area (Å²) in [5.74, 6) is 0. The number of hydrogen-bond acceptors (Lipinski definition) is 2. The minimum atomic E-state index is -1.08. The summed E-state index contributed by atoms with van der Waals surface area (Å²) >= 11 is 0. The minimum absolute atomic E-state index is 0.242. The summed E-state index contributed by atoms with van der Waals surface area (Å²) in [5.41, 5.74) is 1.78. The van der Waals surface area contributed by atoms with Crippen LogP contribution in [0.1, 0.15) is 42.5 Å². The second-order valence-corrected chi connectivity index (χ2v) is 6.46. The fourth-order valence-corrected chi connectivity index (χ4v) is 2.70. The van der Waals surface area contributed by atoms with E-state index in [0.29, 0.717) is 0 Å². The van der Waals surface area contributed by atoms with E-state index >= 15 is 0 Å². The molecule has 0 aliphatic carbocycles. The van der Waals surface area contributed by atoms with Gasteiger partial charge in [-0.15, -0.1) is 0 Å². The van der Waals surface area contributed by atoms with E-state index in [0.717, 1.165) is 22.3 Å². The van der Waals surface area contributed by atoms with Crippen LogP contribution < -0.4 is 0 Å². The van der Waals surface area contributed by atoms with Gasteiger partial charge in [-0.2, -0.15) is 0 Å². The predicted octanol–water partition coefficient (Wildman–Crippen LogP) is 3.81. The molecule has 2 aromatic rings. The molecule has 2 N–H and O–H groups in total. The van der Waals surface area contributed by atoms with E-state index < -0.39 is 11.2 Å². The van der Waals surface area contributed by atoms with Crippen molar-refractivity contribution in [2.45, 2.75) is 45.3 Å². The van der Waals surface area contributed by atoms with Gasteiger partial charge in [0.15, 0.2) is 0 Å². The summed E-state index contributed by atoms with van der Waals surface area (Å²) in [6, 6.07) is 15.6. The van der Waals surface area contributed by atoms with Gasteiger partial charge >= 0.3 is 0 Å². The third-order valence-corrected chi connectivity index (χ3v) is 4.04. The summed E-state index contributed by atoms with van der Waals surface area (Å²) in [5, 5.41) is 21.5. The molecular formula is C19H24O2. The lowest BCUT2D eigenvalue weighted by atomic mass is 9.80. The zero-order valence-electron chi connectivity index (χ0n) is 13.2. The van der Waals surface area contributed by atoms with Crippen molar-refractivity contribution < 1.29 is 10.2 Å². The highest BCUT2D eigenvalue weighted by Crippen LogP contribution is 2.36. The zero-order valence-corrected chi connectivity index (χ0v) is 13.2. The first kappa shape index (κ1) is 15.7. The van der Waals surface area contributed by atoms with E-state index in [1.165, 1.54) is 0 Å². The highest BCUT2D eigenvalue weighted by molar-refractivity contribution is 5.30. The van der Waals surface area contributed by atoms with Gasteiger partial charge in [0.25, 0.3) is 0 Å². The van der Waals surface area contributed by atoms with Crippen molar-refractivity contribution in [1.82, 2.24) is 0 Å². The Morgan fingerprint density at radius 3 is 1.24 bits per heavy atom. The van der Waals surface area contributed by atoms with Gasteiger partial charge in [-0.05, 0) is 38.8 Å². The molecule has 2 atom stereocenters. The second-order valence-electron chi connectivity index (χ2n) is 6.46. The van der Waals surface area contributed by atoms with Crippen LogP contribution in [0.3, 0.4) is 0 Å². The molecule has 112 valence electrons. The molecule has 0 radical (unpaired) electrons. The number of benzene rings is 2. The molecular weight excluding hydrogens is 260 g/mol. The Hall–Kier alpha value is -1.64. The number of aryl methyl sites for hydroxylation is 2. The van der Waals surface area contributed by atoms with Gasteiger partial charge in [-0.1, -0.05) is 59.7 Å². The van der Waals surface area contributed by atoms with Gasteiger partial charge < -0.3 is 10.2 Å². The first-order chi connectivity index (χ1) is 9.71. The van der Waals surface area contributed by atoms with E-state index in [9.17, 15) is 10.2 Å². The van der Waals surface area contributed by atoms with E-state index in [-0.39, 0.29) is 6.42 Å². The molecule has 0 saturated carbocycles. The Kier molecular flexibility index (Phi) is 4.22. The van der Waals surface area contributed by atoms with Crippen molar-refractivity contribution >= 4 is 0 Å². The average Bonchev–Trinajstić information content (AvgIpc) is 2.38. The van der Waals surface area contributed by atoms with E-state index in [1.54, 1.807) is 13.8 Å². The quantitative estimate of drug-likeness (QED) is 0.896. The lowest BCUT2D eigenvalue weighted by Gasteiger charge is -2.33. The number of aliphatic hydroxyl groups is 2. The molecule has 2 nitrogen and oxygen atoms in total. The van der Waals surface area contributed by atoms with Gasteiger partial charge in [0.05, 0.1) is 11.2 Å². The number of hydrogen-bond donors (Lipinski definition) is 2. The third kappa shape index (κ3) is 3.72. The van der Waals surface area contributed by atoms with Crippen LogP contribution in [0.15, 0.2) is 48.5 Å². The van der Waals surface area contributed by atoms with E-state index in [4.69, 9.17) is 0 Å². The summed E-state index contributed by atoms with van der Waals surface area (Å²) in [6.45, 7) is 7.53. The third-order valence-electron chi connectivity index (χ3n) is 4.04. The molecule has 0 aliphatic heterocycles. The zero-order chi connectivity index (χ0) is 15.7. The van der Waals surface area contributed by atoms with Crippen molar-refractivity contribution in [3.8, 4) is 0 Å². The fourth-order valence-electron chi connectivity index (χ4n) is 2.70. The van der Waals surface area contributed by atoms with Crippen molar-refractivity contribution in [3.63, 3.8) is 0 Å². The van der Waals surface area contributed by atoms with Crippen LogP contribution in [0.5, 0.6) is 0 Å². The Bertz CT molecular complexity index is 537. The second kappa shape index (κ2) is 5.63. The molecule has 0 heterocycles. The Labute approximate surface area is 127 Å². The maximum absolute atomic E-state index is 10.8. The van der Waals surface area contributed by atoms with Crippen LogP contribution in [0.2, 0.25) is 0 Å². The van der Waals surface area contributed by atoms with Crippen molar-refractivity contribution in [3.05, 3.63) is 70.8 Å². The molecule has 0 aromatic heterocycles. The van der Waals surface area contributed by atoms with Crippen molar-refractivity contribution in [2.24, 2.45) is 0 Å².